The Morgan fingerprint density at radius 2 is 2.11 bits per heavy atom. The van der Waals surface area contributed by atoms with Gasteiger partial charge in [-0.25, -0.2) is 4.98 Å². The average molecular weight is 403 g/mol. The van der Waals surface area contributed by atoms with Crippen molar-refractivity contribution in [2.75, 3.05) is 13.4 Å². The third-order valence-electron chi connectivity index (χ3n) is 4.35. The van der Waals surface area contributed by atoms with Crippen molar-refractivity contribution in [3.05, 3.63) is 56.2 Å². The predicted molar refractivity (Wildman–Crippen MR) is 108 cm³/mol. The zero-order valence-electron chi connectivity index (χ0n) is 15.4. The van der Waals surface area contributed by atoms with Crippen LogP contribution >= 0.6 is 22.7 Å². The molecule has 2 aromatic heterocycles. The monoisotopic (exact) mass is 402 g/mol. The van der Waals surface area contributed by atoms with E-state index in [1.807, 2.05) is 26.0 Å². The van der Waals surface area contributed by atoms with Gasteiger partial charge in [0.2, 0.25) is 6.79 Å². The molecule has 1 aliphatic rings. The fourth-order valence-electron chi connectivity index (χ4n) is 3.05. The second kappa shape index (κ2) is 8.29. The topological polar surface area (TPSA) is 52.6 Å². The molecule has 0 spiro atoms. The Labute approximate surface area is 166 Å². The molecule has 1 atom stereocenters. The number of thiazole rings is 1. The molecule has 142 valence electrons. The van der Waals surface area contributed by atoms with E-state index in [1.165, 1.54) is 5.56 Å². The van der Waals surface area contributed by atoms with Gasteiger partial charge in [-0.05, 0) is 48.7 Å². The number of hydrogen-bond acceptors (Lipinski definition) is 7. The highest BCUT2D eigenvalue weighted by Gasteiger charge is 2.20. The van der Waals surface area contributed by atoms with Crippen molar-refractivity contribution in [3.8, 4) is 17.2 Å². The summed E-state index contributed by atoms with van der Waals surface area (Å²) >= 11 is 3.43. The molecule has 0 saturated heterocycles. The van der Waals surface area contributed by atoms with E-state index in [9.17, 15) is 0 Å². The van der Waals surface area contributed by atoms with Crippen LogP contribution in [0.4, 0.5) is 0 Å². The van der Waals surface area contributed by atoms with Crippen molar-refractivity contribution in [2.45, 2.75) is 32.9 Å². The maximum absolute atomic E-state index is 5.82. The first-order valence-corrected chi connectivity index (χ1v) is 10.8. The van der Waals surface area contributed by atoms with Crippen LogP contribution in [0.2, 0.25) is 0 Å². The summed E-state index contributed by atoms with van der Waals surface area (Å²) < 4.78 is 16.8. The van der Waals surface area contributed by atoms with Gasteiger partial charge >= 0.3 is 0 Å². The summed E-state index contributed by atoms with van der Waals surface area (Å²) in [6.45, 7) is 5.55. The van der Waals surface area contributed by atoms with Crippen LogP contribution in [0.5, 0.6) is 17.2 Å². The van der Waals surface area contributed by atoms with E-state index in [-0.39, 0.29) is 12.8 Å². The van der Waals surface area contributed by atoms with Gasteiger partial charge in [0.15, 0.2) is 11.5 Å². The van der Waals surface area contributed by atoms with Gasteiger partial charge in [0.05, 0.1) is 12.6 Å². The Balaban J connectivity index is 1.55. The normalized spacial score (nSPS) is 13.7. The maximum atomic E-state index is 5.82. The van der Waals surface area contributed by atoms with E-state index in [2.05, 4.69) is 27.5 Å². The summed E-state index contributed by atoms with van der Waals surface area (Å²) in [7, 11) is 0. The van der Waals surface area contributed by atoms with Crippen molar-refractivity contribution >= 4 is 22.7 Å². The molecule has 3 aromatic rings. The molecule has 0 radical (unpaired) electrons. The minimum absolute atomic E-state index is 0.151. The maximum Gasteiger partial charge on any atom is 0.231 e. The Morgan fingerprint density at radius 3 is 2.81 bits per heavy atom. The Bertz CT molecular complexity index is 893. The van der Waals surface area contributed by atoms with Gasteiger partial charge in [0.1, 0.15) is 10.8 Å². The van der Waals surface area contributed by atoms with Crippen LogP contribution in [0.1, 0.15) is 34.8 Å². The summed E-state index contributed by atoms with van der Waals surface area (Å²) in [5, 5.41) is 11.2. The summed E-state index contributed by atoms with van der Waals surface area (Å²) in [4.78, 5) is 4.70. The lowest BCUT2D eigenvalue weighted by molar-refractivity contribution is 0.173. The smallest absolute Gasteiger partial charge is 0.231 e. The summed E-state index contributed by atoms with van der Waals surface area (Å²) in [5.74, 6) is 2.35. The summed E-state index contributed by atoms with van der Waals surface area (Å²) in [5.41, 5.74) is 3.44. The third kappa shape index (κ3) is 4.26. The van der Waals surface area contributed by atoms with E-state index >= 15 is 0 Å². The molecule has 1 aliphatic heterocycles. The Hall–Kier alpha value is -2.09. The van der Waals surface area contributed by atoms with Gasteiger partial charge in [-0.3, -0.25) is 0 Å². The lowest BCUT2D eigenvalue weighted by Crippen LogP contribution is -2.23. The highest BCUT2D eigenvalue weighted by molar-refractivity contribution is 7.09. The molecule has 27 heavy (non-hydrogen) atoms. The minimum atomic E-state index is 0.151. The largest absolute Gasteiger partial charge is 0.493 e. The molecule has 4 rings (SSSR count). The molecule has 5 nitrogen and oxygen atoms in total. The number of nitrogens with one attached hydrogen (secondary N) is 1. The van der Waals surface area contributed by atoms with Gasteiger partial charge in [-0.15, -0.1) is 11.3 Å². The fraction of sp³-hybridized carbons (Fsp3) is 0.350. The molecule has 3 heterocycles. The predicted octanol–water partition coefficient (Wildman–Crippen LogP) is 4.71. The van der Waals surface area contributed by atoms with Gasteiger partial charge < -0.3 is 19.5 Å². The van der Waals surface area contributed by atoms with Crippen LogP contribution in [-0.4, -0.2) is 18.4 Å². The number of thiophene rings is 1. The van der Waals surface area contributed by atoms with Crippen LogP contribution < -0.4 is 19.5 Å². The Kier molecular flexibility index (Phi) is 5.61. The van der Waals surface area contributed by atoms with E-state index < -0.39 is 0 Å². The summed E-state index contributed by atoms with van der Waals surface area (Å²) in [6.07, 6.45) is 0.908. The molecular formula is C20H22N2O3S2. The van der Waals surface area contributed by atoms with Gasteiger partial charge in [0.25, 0.3) is 0 Å². The number of ether oxygens (including phenoxy) is 3. The molecule has 0 aliphatic carbocycles. The molecule has 0 fully saturated rings. The average Bonchev–Trinajstić information content (AvgIpc) is 3.40. The van der Waals surface area contributed by atoms with E-state index in [4.69, 9.17) is 19.2 Å². The van der Waals surface area contributed by atoms with E-state index in [0.717, 1.165) is 39.9 Å². The zero-order chi connectivity index (χ0) is 18.6. The number of aryl methyl sites for hydroxylation is 1. The first kappa shape index (κ1) is 18.3. The van der Waals surface area contributed by atoms with Crippen LogP contribution in [-0.2, 0) is 13.0 Å². The summed E-state index contributed by atoms with van der Waals surface area (Å²) in [6, 6.07) is 6.25. The molecule has 1 aromatic carbocycles. The molecule has 0 bridgehead atoms. The van der Waals surface area contributed by atoms with Crippen LogP contribution in [0.25, 0.3) is 0 Å². The second-order valence-electron chi connectivity index (χ2n) is 6.34. The van der Waals surface area contributed by atoms with Crippen molar-refractivity contribution in [3.63, 3.8) is 0 Å². The van der Waals surface area contributed by atoms with Gasteiger partial charge in [0, 0.05) is 29.2 Å². The molecule has 0 amide bonds. The van der Waals surface area contributed by atoms with Crippen LogP contribution in [0.15, 0.2) is 34.3 Å². The quantitative estimate of drug-likeness (QED) is 0.591. The number of aromatic nitrogens is 1. The standard InChI is InChI=1S/C20H22N2O3S2/c1-3-23-17-8-19-18(24-12-25-19)7-15(17)9-21-16(6-14-4-5-26-11-14)20-22-13(2)10-27-20/h4-5,7-8,10-11,16,21H,3,6,9,12H2,1-2H3/t16-/m0/s1. The number of hydrogen-bond donors (Lipinski definition) is 1. The van der Waals surface area contributed by atoms with Crippen molar-refractivity contribution in [1.82, 2.24) is 10.3 Å². The first-order valence-electron chi connectivity index (χ1n) is 8.94. The highest BCUT2D eigenvalue weighted by Crippen LogP contribution is 2.38. The van der Waals surface area contributed by atoms with Gasteiger partial charge in [-0.2, -0.15) is 11.3 Å². The molecule has 0 unspecified atom stereocenters. The number of rotatable bonds is 8. The fourth-order valence-corrected chi connectivity index (χ4v) is 4.60. The number of fused-ring (bicyclic) bond motifs is 1. The lowest BCUT2D eigenvalue weighted by Gasteiger charge is -2.18. The molecule has 1 N–H and O–H groups in total. The third-order valence-corrected chi connectivity index (χ3v) is 6.16. The lowest BCUT2D eigenvalue weighted by atomic mass is 10.1. The molecule has 0 saturated carbocycles. The van der Waals surface area contributed by atoms with E-state index in [1.54, 1.807) is 22.7 Å². The van der Waals surface area contributed by atoms with Crippen molar-refractivity contribution in [1.29, 1.82) is 0 Å². The van der Waals surface area contributed by atoms with Gasteiger partial charge in [-0.1, -0.05) is 0 Å². The SMILES string of the molecule is CCOc1cc2c(cc1CN[C@@H](Cc1ccsc1)c1nc(C)cs1)OCO2. The number of nitrogens with zero attached hydrogens (tertiary/aromatic N) is 1. The molecular weight excluding hydrogens is 380 g/mol. The highest BCUT2D eigenvalue weighted by atomic mass is 32.1. The molecule has 7 heteroatoms. The minimum Gasteiger partial charge on any atom is -0.493 e. The second-order valence-corrected chi connectivity index (χ2v) is 8.01. The van der Waals surface area contributed by atoms with Crippen LogP contribution in [0.3, 0.4) is 0 Å². The van der Waals surface area contributed by atoms with Crippen molar-refractivity contribution in [2.24, 2.45) is 0 Å². The Morgan fingerprint density at radius 1 is 1.26 bits per heavy atom. The van der Waals surface area contributed by atoms with E-state index in [0.29, 0.717) is 13.2 Å². The number of benzene rings is 1. The van der Waals surface area contributed by atoms with Crippen LogP contribution in [0, 0.1) is 6.92 Å². The van der Waals surface area contributed by atoms with Crippen molar-refractivity contribution < 1.29 is 14.2 Å². The first-order chi connectivity index (χ1) is 13.2. The zero-order valence-corrected chi connectivity index (χ0v) is 17.0.